The Hall–Kier alpha value is -3.20. The van der Waals surface area contributed by atoms with Crippen LogP contribution in [0.4, 0.5) is 5.69 Å². The van der Waals surface area contributed by atoms with E-state index in [4.69, 9.17) is 14.5 Å². The molecular weight excluding hydrogens is 464 g/mol. The van der Waals surface area contributed by atoms with E-state index in [1.165, 1.54) is 11.8 Å². The van der Waals surface area contributed by atoms with Gasteiger partial charge in [0, 0.05) is 18.2 Å². The number of imidazole rings is 1. The number of fused-ring (bicyclic) bond motifs is 1. The van der Waals surface area contributed by atoms with E-state index in [2.05, 4.69) is 19.2 Å². The summed E-state index contributed by atoms with van der Waals surface area (Å²) in [4.78, 5) is 32.8. The number of ether oxygens (including phenoxy) is 2. The number of para-hydroxylation sites is 2. The topological polar surface area (TPSA) is 85.7 Å². The van der Waals surface area contributed by atoms with Crippen molar-refractivity contribution in [2.75, 3.05) is 25.3 Å². The van der Waals surface area contributed by atoms with Crippen LogP contribution in [0.25, 0.3) is 11.0 Å². The molecule has 8 nitrogen and oxygen atoms in total. The van der Waals surface area contributed by atoms with Gasteiger partial charge in [-0.2, -0.15) is 0 Å². The summed E-state index contributed by atoms with van der Waals surface area (Å²) in [5.74, 6) is 1.20. The summed E-state index contributed by atoms with van der Waals surface area (Å²) in [6.07, 6.45) is 3.20. The molecule has 35 heavy (non-hydrogen) atoms. The van der Waals surface area contributed by atoms with Gasteiger partial charge in [0.25, 0.3) is 0 Å². The van der Waals surface area contributed by atoms with Crippen molar-refractivity contribution in [2.45, 2.75) is 56.9 Å². The molecule has 1 aliphatic heterocycles. The average molecular weight is 497 g/mol. The molecule has 1 saturated heterocycles. The molecule has 2 atom stereocenters. The third-order valence-corrected chi connectivity index (χ3v) is 7.39. The molecule has 1 aromatic heterocycles. The number of carbonyl (C=O) groups excluding carboxylic acids is 2. The van der Waals surface area contributed by atoms with Crippen LogP contribution in [0.2, 0.25) is 0 Å². The predicted octanol–water partition coefficient (Wildman–Crippen LogP) is 4.57. The zero-order valence-corrected chi connectivity index (χ0v) is 21.4. The number of nitrogens with one attached hydrogen (secondary N) is 1. The molecule has 0 aliphatic carbocycles. The Balaban J connectivity index is 1.50. The van der Waals surface area contributed by atoms with Crippen molar-refractivity contribution >= 4 is 40.3 Å². The summed E-state index contributed by atoms with van der Waals surface area (Å²) in [6.45, 7) is 4.44. The molecule has 0 spiro atoms. The molecule has 9 heteroatoms. The lowest BCUT2D eigenvalue weighted by Gasteiger charge is -2.39. The molecule has 0 unspecified atom stereocenters. The molecular formula is C26H32N4O4S. The quantitative estimate of drug-likeness (QED) is 0.460. The Morgan fingerprint density at radius 2 is 1.83 bits per heavy atom. The van der Waals surface area contributed by atoms with Gasteiger partial charge in [-0.15, -0.1) is 0 Å². The highest BCUT2D eigenvalue weighted by Gasteiger charge is 2.29. The van der Waals surface area contributed by atoms with Gasteiger partial charge in [-0.3, -0.25) is 9.59 Å². The highest BCUT2D eigenvalue weighted by atomic mass is 32.2. The number of hydrogen-bond acceptors (Lipinski definition) is 6. The Kier molecular flexibility index (Phi) is 7.85. The third-order valence-electron chi connectivity index (χ3n) is 6.41. The Bertz CT molecular complexity index is 1200. The van der Waals surface area contributed by atoms with Gasteiger partial charge in [-0.25, -0.2) is 4.98 Å². The molecule has 2 amide bonds. The number of aromatic nitrogens is 2. The fourth-order valence-corrected chi connectivity index (χ4v) is 5.48. The lowest BCUT2D eigenvalue weighted by atomic mass is 9.97. The second kappa shape index (κ2) is 11.0. The number of piperidine rings is 1. The number of carbonyl (C=O) groups is 2. The maximum Gasteiger partial charge on any atom is 0.243 e. The maximum absolute atomic E-state index is 13.3. The van der Waals surface area contributed by atoms with Crippen LogP contribution in [0.15, 0.2) is 47.6 Å². The number of anilines is 1. The second-order valence-corrected chi connectivity index (χ2v) is 9.74. The van der Waals surface area contributed by atoms with E-state index >= 15 is 0 Å². The number of nitrogens with zero attached hydrogens (tertiary/aromatic N) is 3. The average Bonchev–Trinajstić information content (AvgIpc) is 3.20. The highest BCUT2D eigenvalue weighted by molar-refractivity contribution is 7.99. The van der Waals surface area contributed by atoms with Crippen molar-refractivity contribution < 1.29 is 19.1 Å². The summed E-state index contributed by atoms with van der Waals surface area (Å²) in [6, 6.07) is 13.4. The molecule has 3 aromatic rings. The predicted molar refractivity (Wildman–Crippen MR) is 138 cm³/mol. The third kappa shape index (κ3) is 5.56. The van der Waals surface area contributed by atoms with E-state index in [0.29, 0.717) is 22.3 Å². The van der Waals surface area contributed by atoms with Crippen LogP contribution >= 0.6 is 11.8 Å². The number of thioether (sulfide) groups is 1. The van der Waals surface area contributed by atoms with Gasteiger partial charge < -0.3 is 24.3 Å². The largest absolute Gasteiger partial charge is 0.497 e. The first kappa shape index (κ1) is 24.9. The van der Waals surface area contributed by atoms with Crippen LogP contribution in [0, 0.1) is 0 Å². The SMILES string of the molecule is COc1ccc(NC(=O)CSc2nc3ccccc3n2CC(=O)N2[C@H](C)CCC[C@@H]2C)c(OC)c1. The van der Waals surface area contributed by atoms with Crippen molar-refractivity contribution in [1.29, 1.82) is 0 Å². The molecule has 2 aromatic carbocycles. The van der Waals surface area contributed by atoms with Gasteiger partial charge in [0.1, 0.15) is 18.0 Å². The number of amides is 2. The minimum Gasteiger partial charge on any atom is -0.497 e. The molecule has 2 heterocycles. The first-order valence-corrected chi connectivity index (χ1v) is 12.8. The van der Waals surface area contributed by atoms with Gasteiger partial charge in [0.15, 0.2) is 5.16 Å². The van der Waals surface area contributed by atoms with E-state index in [1.54, 1.807) is 32.4 Å². The standard InChI is InChI=1S/C26H32N4O4S/c1-17-8-7-9-18(2)30(17)25(32)15-29-22-11-6-5-10-20(22)28-26(29)35-16-24(31)27-21-13-12-19(33-3)14-23(21)34-4/h5-6,10-14,17-18H,7-9,15-16H2,1-4H3,(H,27,31)/t17-,18+. The molecule has 0 bridgehead atoms. The summed E-state index contributed by atoms with van der Waals surface area (Å²) in [7, 11) is 3.12. The van der Waals surface area contributed by atoms with Crippen molar-refractivity contribution in [1.82, 2.24) is 14.5 Å². The van der Waals surface area contributed by atoms with E-state index < -0.39 is 0 Å². The zero-order chi connectivity index (χ0) is 24.9. The van der Waals surface area contributed by atoms with Gasteiger partial charge in [0.05, 0.1) is 36.7 Å². The van der Waals surface area contributed by atoms with Crippen LogP contribution < -0.4 is 14.8 Å². The Labute approximate surface area is 210 Å². The van der Waals surface area contributed by atoms with Crippen LogP contribution in [0.5, 0.6) is 11.5 Å². The lowest BCUT2D eigenvalue weighted by Crippen LogP contribution is -2.48. The first-order chi connectivity index (χ1) is 16.9. The normalized spacial score (nSPS) is 17.9. The highest BCUT2D eigenvalue weighted by Crippen LogP contribution is 2.30. The van der Waals surface area contributed by atoms with Crippen LogP contribution in [-0.2, 0) is 16.1 Å². The lowest BCUT2D eigenvalue weighted by molar-refractivity contribution is -0.138. The van der Waals surface area contributed by atoms with E-state index in [1.807, 2.05) is 33.7 Å². The first-order valence-electron chi connectivity index (χ1n) is 11.8. The molecule has 4 rings (SSSR count). The van der Waals surface area contributed by atoms with E-state index in [9.17, 15) is 9.59 Å². The fourth-order valence-electron chi connectivity index (χ4n) is 4.66. The summed E-state index contributed by atoms with van der Waals surface area (Å²) in [5.41, 5.74) is 2.26. The van der Waals surface area contributed by atoms with Crippen molar-refractivity contribution in [3.8, 4) is 11.5 Å². The van der Waals surface area contributed by atoms with Crippen LogP contribution in [0.1, 0.15) is 33.1 Å². The minimum absolute atomic E-state index is 0.0853. The van der Waals surface area contributed by atoms with Gasteiger partial charge in [-0.1, -0.05) is 23.9 Å². The number of likely N-dealkylation sites (tertiary alicyclic amines) is 1. The smallest absolute Gasteiger partial charge is 0.243 e. The number of rotatable bonds is 8. The van der Waals surface area contributed by atoms with Crippen molar-refractivity contribution in [3.05, 3.63) is 42.5 Å². The summed E-state index contributed by atoms with van der Waals surface area (Å²) >= 11 is 1.32. The van der Waals surface area contributed by atoms with E-state index in [-0.39, 0.29) is 36.2 Å². The molecule has 1 aliphatic rings. The fraction of sp³-hybridized carbons (Fsp3) is 0.423. The van der Waals surface area contributed by atoms with Gasteiger partial charge in [0.2, 0.25) is 11.8 Å². The maximum atomic E-state index is 13.3. The van der Waals surface area contributed by atoms with Crippen molar-refractivity contribution in [2.24, 2.45) is 0 Å². The summed E-state index contributed by atoms with van der Waals surface area (Å²) < 4.78 is 12.5. The Morgan fingerprint density at radius 3 is 2.54 bits per heavy atom. The monoisotopic (exact) mass is 496 g/mol. The van der Waals surface area contributed by atoms with Gasteiger partial charge in [-0.05, 0) is 57.4 Å². The second-order valence-electron chi connectivity index (χ2n) is 8.80. The molecule has 186 valence electrons. The summed E-state index contributed by atoms with van der Waals surface area (Å²) in [5, 5.41) is 3.53. The number of methoxy groups -OCH3 is 2. The van der Waals surface area contributed by atoms with Crippen molar-refractivity contribution in [3.63, 3.8) is 0 Å². The molecule has 0 radical (unpaired) electrons. The molecule has 1 fully saturated rings. The molecule has 0 saturated carbocycles. The Morgan fingerprint density at radius 1 is 1.09 bits per heavy atom. The minimum atomic E-state index is -0.193. The van der Waals surface area contributed by atoms with Crippen LogP contribution in [0.3, 0.4) is 0 Å². The van der Waals surface area contributed by atoms with Gasteiger partial charge >= 0.3 is 0 Å². The molecule has 1 N–H and O–H groups in total. The van der Waals surface area contributed by atoms with Crippen LogP contribution in [-0.4, -0.2) is 58.3 Å². The van der Waals surface area contributed by atoms with E-state index in [0.717, 1.165) is 30.3 Å². The number of hydrogen-bond donors (Lipinski definition) is 1. The number of benzene rings is 2. The zero-order valence-electron chi connectivity index (χ0n) is 20.6.